The Labute approximate surface area is 84.7 Å². The topological polar surface area (TPSA) is 65.2 Å². The summed E-state index contributed by atoms with van der Waals surface area (Å²) < 4.78 is 4.48. The van der Waals surface area contributed by atoms with Crippen LogP contribution in [-0.4, -0.2) is 18.1 Å². The molecule has 0 fully saturated rings. The first-order chi connectivity index (χ1) is 6.15. The van der Waals surface area contributed by atoms with Gasteiger partial charge >= 0.3 is 5.97 Å². The van der Waals surface area contributed by atoms with Crippen LogP contribution in [0.2, 0.25) is 5.15 Å². The van der Waals surface area contributed by atoms with Gasteiger partial charge in [0.15, 0.2) is 0 Å². The van der Waals surface area contributed by atoms with Gasteiger partial charge in [-0.05, 0) is 0 Å². The van der Waals surface area contributed by atoms with Gasteiger partial charge in [0.25, 0.3) is 0 Å². The van der Waals surface area contributed by atoms with Gasteiger partial charge in [0, 0.05) is 0 Å². The number of nitrogens with two attached hydrogens (primary N) is 1. The molecular weight excluding hydrogens is 212 g/mol. The number of thiazole rings is 1. The van der Waals surface area contributed by atoms with E-state index in [1.807, 2.05) is 0 Å². The summed E-state index contributed by atoms with van der Waals surface area (Å²) in [5.41, 5.74) is 7.29. The lowest BCUT2D eigenvalue weighted by atomic mass is 10.2. The van der Waals surface area contributed by atoms with E-state index in [2.05, 4.69) is 9.72 Å². The van der Waals surface area contributed by atoms with Crippen molar-refractivity contribution < 1.29 is 9.53 Å². The summed E-state index contributed by atoms with van der Waals surface area (Å²) in [7, 11) is 1.32. The second-order valence-electron chi connectivity index (χ2n) is 2.39. The number of methoxy groups -OCH3 is 1. The number of nitrogens with zero attached hydrogens (tertiary/aromatic N) is 1. The van der Waals surface area contributed by atoms with Crippen molar-refractivity contribution in [1.82, 2.24) is 4.98 Å². The van der Waals surface area contributed by atoms with Crippen molar-refractivity contribution in [2.75, 3.05) is 7.11 Å². The summed E-state index contributed by atoms with van der Waals surface area (Å²) in [5, 5.41) is 0.362. The molecule has 2 N–H and O–H groups in total. The Morgan fingerprint density at radius 3 is 3.08 bits per heavy atom. The molecule has 1 aromatic heterocycles. The van der Waals surface area contributed by atoms with E-state index in [0.717, 1.165) is 0 Å². The zero-order chi connectivity index (χ0) is 9.84. The molecule has 1 atom stereocenters. The first-order valence-electron chi connectivity index (χ1n) is 3.56. The molecule has 4 nitrogen and oxygen atoms in total. The Morgan fingerprint density at radius 2 is 2.62 bits per heavy atom. The number of halogens is 1. The first kappa shape index (κ1) is 10.4. The van der Waals surface area contributed by atoms with Gasteiger partial charge in [-0.2, -0.15) is 0 Å². The Balaban J connectivity index is 2.63. The van der Waals surface area contributed by atoms with Crippen LogP contribution in [-0.2, 0) is 9.53 Å². The van der Waals surface area contributed by atoms with Gasteiger partial charge in [0.1, 0.15) is 5.15 Å². The molecule has 0 aliphatic rings. The minimum absolute atomic E-state index is 0.123. The second-order valence-corrected chi connectivity index (χ2v) is 3.64. The maximum atomic E-state index is 10.9. The predicted molar refractivity (Wildman–Crippen MR) is 50.7 cm³/mol. The molecule has 1 rings (SSSR count). The molecule has 1 heterocycles. The van der Waals surface area contributed by atoms with Crippen LogP contribution < -0.4 is 5.73 Å². The maximum Gasteiger partial charge on any atom is 0.307 e. The van der Waals surface area contributed by atoms with Crippen molar-refractivity contribution in [3.8, 4) is 0 Å². The lowest BCUT2D eigenvalue weighted by Crippen LogP contribution is -2.15. The third-order valence-corrected chi connectivity index (χ3v) is 2.87. The number of hydrogen-bond donors (Lipinski definition) is 1. The van der Waals surface area contributed by atoms with Crippen LogP contribution in [0.3, 0.4) is 0 Å². The van der Waals surface area contributed by atoms with E-state index in [-0.39, 0.29) is 12.4 Å². The Kier molecular flexibility index (Phi) is 3.65. The largest absolute Gasteiger partial charge is 0.469 e. The van der Waals surface area contributed by atoms with E-state index < -0.39 is 6.04 Å². The molecule has 0 saturated heterocycles. The highest BCUT2D eigenvalue weighted by Gasteiger charge is 2.16. The highest BCUT2D eigenvalue weighted by Crippen LogP contribution is 2.26. The number of aromatic nitrogens is 1. The van der Waals surface area contributed by atoms with Gasteiger partial charge in [0.05, 0.1) is 30.0 Å². The third kappa shape index (κ3) is 2.65. The average Bonchev–Trinajstić information content (AvgIpc) is 2.51. The van der Waals surface area contributed by atoms with Crippen LogP contribution in [0.4, 0.5) is 0 Å². The van der Waals surface area contributed by atoms with Gasteiger partial charge in [0.2, 0.25) is 0 Å². The summed E-state index contributed by atoms with van der Waals surface area (Å²) in [6.45, 7) is 0. The van der Waals surface area contributed by atoms with Crippen LogP contribution in [0.25, 0.3) is 0 Å². The minimum atomic E-state index is -0.424. The van der Waals surface area contributed by atoms with Crippen LogP contribution in [0, 0.1) is 0 Å². The molecular formula is C7H9ClN2O2S. The highest BCUT2D eigenvalue weighted by atomic mass is 35.5. The van der Waals surface area contributed by atoms with E-state index in [4.69, 9.17) is 17.3 Å². The van der Waals surface area contributed by atoms with E-state index in [1.165, 1.54) is 18.4 Å². The van der Waals surface area contributed by atoms with Crippen molar-refractivity contribution in [2.24, 2.45) is 5.73 Å². The normalized spacial score (nSPS) is 12.5. The molecule has 13 heavy (non-hydrogen) atoms. The number of esters is 1. The van der Waals surface area contributed by atoms with Crippen molar-refractivity contribution >= 4 is 28.9 Å². The summed E-state index contributed by atoms with van der Waals surface area (Å²) in [6.07, 6.45) is 0.123. The minimum Gasteiger partial charge on any atom is -0.469 e. The molecule has 0 spiro atoms. The summed E-state index contributed by atoms with van der Waals surface area (Å²) >= 11 is 7.06. The van der Waals surface area contributed by atoms with Crippen LogP contribution in [0.1, 0.15) is 17.3 Å². The third-order valence-electron chi connectivity index (χ3n) is 1.50. The van der Waals surface area contributed by atoms with E-state index >= 15 is 0 Å². The Hall–Kier alpha value is -0.650. The van der Waals surface area contributed by atoms with Gasteiger partial charge in [-0.25, -0.2) is 4.98 Å². The second kappa shape index (κ2) is 4.55. The number of ether oxygens (including phenoxy) is 1. The number of carbonyl (C=O) groups is 1. The SMILES string of the molecule is COC(=O)C[C@H](N)c1scnc1Cl. The van der Waals surface area contributed by atoms with Gasteiger partial charge in [-0.3, -0.25) is 4.79 Å². The molecule has 0 saturated carbocycles. The van der Waals surface area contributed by atoms with Gasteiger partial charge in [-0.1, -0.05) is 11.6 Å². The number of hydrogen-bond acceptors (Lipinski definition) is 5. The fourth-order valence-corrected chi connectivity index (χ4v) is 1.90. The molecule has 72 valence electrons. The maximum absolute atomic E-state index is 10.9. The first-order valence-corrected chi connectivity index (χ1v) is 4.82. The molecule has 0 radical (unpaired) electrons. The molecule has 0 aromatic carbocycles. The predicted octanol–water partition coefficient (Wildman–Crippen LogP) is 1.36. The standard InChI is InChI=1S/C7H9ClN2O2S/c1-12-5(11)2-4(9)6-7(8)10-3-13-6/h3-4H,2,9H2,1H3/t4-/m0/s1. The van der Waals surface area contributed by atoms with Crippen LogP contribution in [0.15, 0.2) is 5.51 Å². The number of rotatable bonds is 3. The van der Waals surface area contributed by atoms with E-state index in [9.17, 15) is 4.79 Å². The Bertz CT molecular complexity index is 302. The molecule has 6 heteroatoms. The summed E-state index contributed by atoms with van der Waals surface area (Å²) in [4.78, 5) is 15.4. The lowest BCUT2D eigenvalue weighted by molar-refractivity contribution is -0.141. The summed E-state index contributed by atoms with van der Waals surface area (Å²) in [5.74, 6) is -0.350. The van der Waals surface area contributed by atoms with Gasteiger partial charge in [-0.15, -0.1) is 11.3 Å². The quantitative estimate of drug-likeness (QED) is 0.782. The van der Waals surface area contributed by atoms with E-state index in [0.29, 0.717) is 10.0 Å². The zero-order valence-electron chi connectivity index (χ0n) is 6.99. The smallest absolute Gasteiger partial charge is 0.307 e. The van der Waals surface area contributed by atoms with Crippen LogP contribution in [0.5, 0.6) is 0 Å². The van der Waals surface area contributed by atoms with Crippen molar-refractivity contribution in [3.63, 3.8) is 0 Å². The number of carbonyl (C=O) groups excluding carboxylic acids is 1. The molecule has 0 aliphatic heterocycles. The Morgan fingerprint density at radius 1 is 1.92 bits per heavy atom. The van der Waals surface area contributed by atoms with Crippen molar-refractivity contribution in [1.29, 1.82) is 0 Å². The van der Waals surface area contributed by atoms with Crippen molar-refractivity contribution in [3.05, 3.63) is 15.5 Å². The fourth-order valence-electron chi connectivity index (χ4n) is 0.838. The monoisotopic (exact) mass is 220 g/mol. The molecule has 0 unspecified atom stereocenters. The molecule has 0 bridgehead atoms. The highest BCUT2D eigenvalue weighted by molar-refractivity contribution is 7.10. The fraction of sp³-hybridized carbons (Fsp3) is 0.429. The van der Waals surface area contributed by atoms with Crippen LogP contribution >= 0.6 is 22.9 Å². The van der Waals surface area contributed by atoms with E-state index in [1.54, 1.807) is 5.51 Å². The zero-order valence-corrected chi connectivity index (χ0v) is 8.56. The molecule has 1 aromatic rings. The molecule has 0 aliphatic carbocycles. The van der Waals surface area contributed by atoms with Gasteiger partial charge < -0.3 is 10.5 Å². The van der Waals surface area contributed by atoms with Crippen molar-refractivity contribution in [2.45, 2.75) is 12.5 Å². The lowest BCUT2D eigenvalue weighted by Gasteiger charge is -2.07. The summed E-state index contributed by atoms with van der Waals surface area (Å²) in [6, 6.07) is -0.424. The molecule has 0 amide bonds. The average molecular weight is 221 g/mol.